The topological polar surface area (TPSA) is 98.5 Å². The van der Waals surface area contributed by atoms with Gasteiger partial charge in [0.05, 0.1) is 4.92 Å². The molecule has 0 saturated heterocycles. The van der Waals surface area contributed by atoms with Gasteiger partial charge >= 0.3 is 5.69 Å². The number of nitro benzene ring substituents is 1. The third-order valence-corrected chi connectivity index (χ3v) is 2.97. The second-order valence-corrected chi connectivity index (χ2v) is 4.70. The summed E-state index contributed by atoms with van der Waals surface area (Å²) in [5, 5.41) is 13.4. The summed E-state index contributed by atoms with van der Waals surface area (Å²) in [6.45, 7) is 1.05. The Balaban J connectivity index is 2.00. The van der Waals surface area contributed by atoms with Crippen LogP contribution in [0.2, 0.25) is 0 Å². The Morgan fingerprint density at radius 3 is 2.61 bits per heavy atom. The number of carbonyl (C=O) groups excluding carboxylic acids is 2. The minimum Gasteiger partial charge on any atom is -0.477 e. The highest BCUT2D eigenvalue weighted by Crippen LogP contribution is 2.25. The van der Waals surface area contributed by atoms with Crippen LogP contribution in [0.4, 0.5) is 11.4 Å². The Morgan fingerprint density at radius 1 is 1.17 bits per heavy atom. The molecule has 23 heavy (non-hydrogen) atoms. The summed E-state index contributed by atoms with van der Waals surface area (Å²) < 4.78 is 5.19. The third kappa shape index (κ3) is 4.37. The molecule has 0 heterocycles. The summed E-state index contributed by atoms with van der Waals surface area (Å²) in [5.74, 6) is -0.578. The largest absolute Gasteiger partial charge is 0.477 e. The molecule has 7 nitrogen and oxygen atoms in total. The standard InChI is InChI=1S/C16H14N2O5/c1-11(19)12-5-4-6-13(9-12)17-16(20)10-23-15-8-3-2-7-14(15)18(21)22/h2-9H,10H2,1H3,(H,17,20). The average molecular weight is 314 g/mol. The maximum absolute atomic E-state index is 11.9. The SMILES string of the molecule is CC(=O)c1cccc(NC(=O)COc2ccccc2[N+](=O)[O-])c1. The number of amides is 1. The van der Waals surface area contributed by atoms with Gasteiger partial charge < -0.3 is 10.1 Å². The van der Waals surface area contributed by atoms with Crippen LogP contribution in [0.15, 0.2) is 48.5 Å². The number of hydrogen-bond acceptors (Lipinski definition) is 5. The molecule has 0 radical (unpaired) electrons. The fourth-order valence-electron chi connectivity index (χ4n) is 1.89. The number of hydrogen-bond donors (Lipinski definition) is 1. The Bertz CT molecular complexity index is 758. The first-order valence-electron chi connectivity index (χ1n) is 6.74. The van der Waals surface area contributed by atoms with Crippen LogP contribution in [0, 0.1) is 10.1 Å². The molecule has 0 aliphatic heterocycles. The molecule has 1 N–H and O–H groups in total. The van der Waals surface area contributed by atoms with E-state index in [0.717, 1.165) is 0 Å². The molecule has 0 atom stereocenters. The quantitative estimate of drug-likeness (QED) is 0.502. The first-order valence-corrected chi connectivity index (χ1v) is 6.74. The van der Waals surface area contributed by atoms with Crippen molar-refractivity contribution < 1.29 is 19.2 Å². The molecule has 0 aliphatic carbocycles. The van der Waals surface area contributed by atoms with Crippen LogP contribution in [0.5, 0.6) is 5.75 Å². The lowest BCUT2D eigenvalue weighted by atomic mass is 10.1. The van der Waals surface area contributed by atoms with E-state index < -0.39 is 10.8 Å². The summed E-state index contributed by atoms with van der Waals surface area (Å²) >= 11 is 0. The molecule has 2 rings (SSSR count). The predicted octanol–water partition coefficient (Wildman–Crippen LogP) is 2.81. The second kappa shape index (κ2) is 7.17. The highest BCUT2D eigenvalue weighted by molar-refractivity contribution is 5.97. The minimum atomic E-state index is -0.580. The fourth-order valence-corrected chi connectivity index (χ4v) is 1.89. The van der Waals surface area contributed by atoms with Gasteiger partial charge in [-0.15, -0.1) is 0 Å². The highest BCUT2D eigenvalue weighted by atomic mass is 16.6. The lowest BCUT2D eigenvalue weighted by Crippen LogP contribution is -2.20. The van der Waals surface area contributed by atoms with Gasteiger partial charge in [-0.05, 0) is 25.1 Å². The normalized spacial score (nSPS) is 9.96. The summed E-state index contributed by atoms with van der Waals surface area (Å²) in [7, 11) is 0. The van der Waals surface area contributed by atoms with E-state index in [0.29, 0.717) is 11.3 Å². The zero-order valence-corrected chi connectivity index (χ0v) is 12.3. The summed E-state index contributed by atoms with van der Waals surface area (Å²) in [6.07, 6.45) is 0. The van der Waals surface area contributed by atoms with Crippen LogP contribution < -0.4 is 10.1 Å². The van der Waals surface area contributed by atoms with Gasteiger partial charge in [-0.25, -0.2) is 0 Å². The van der Waals surface area contributed by atoms with Crippen LogP contribution in [0.1, 0.15) is 17.3 Å². The van der Waals surface area contributed by atoms with E-state index in [4.69, 9.17) is 4.74 Å². The molecule has 0 aromatic heterocycles. The van der Waals surface area contributed by atoms with Gasteiger partial charge in [-0.1, -0.05) is 24.3 Å². The Morgan fingerprint density at radius 2 is 1.91 bits per heavy atom. The van der Waals surface area contributed by atoms with Crippen molar-refractivity contribution in [2.75, 3.05) is 11.9 Å². The van der Waals surface area contributed by atoms with E-state index in [1.807, 2.05) is 0 Å². The van der Waals surface area contributed by atoms with E-state index in [-0.39, 0.29) is 23.8 Å². The van der Waals surface area contributed by atoms with Crippen molar-refractivity contribution in [3.05, 3.63) is 64.2 Å². The van der Waals surface area contributed by atoms with Gasteiger partial charge in [0.1, 0.15) is 0 Å². The lowest BCUT2D eigenvalue weighted by molar-refractivity contribution is -0.385. The molecule has 0 spiro atoms. The smallest absolute Gasteiger partial charge is 0.310 e. The fraction of sp³-hybridized carbons (Fsp3) is 0.125. The molecule has 7 heteroatoms. The Hall–Kier alpha value is -3.22. The molecule has 0 aliphatic rings. The van der Waals surface area contributed by atoms with E-state index in [1.165, 1.54) is 25.1 Å². The van der Waals surface area contributed by atoms with Crippen LogP contribution >= 0.6 is 0 Å². The monoisotopic (exact) mass is 314 g/mol. The van der Waals surface area contributed by atoms with Gasteiger partial charge in [0.15, 0.2) is 18.1 Å². The molecule has 0 unspecified atom stereocenters. The van der Waals surface area contributed by atoms with E-state index >= 15 is 0 Å². The summed E-state index contributed by atoms with van der Waals surface area (Å²) in [5.41, 5.74) is 0.718. The number of anilines is 1. The van der Waals surface area contributed by atoms with Crippen LogP contribution in [-0.4, -0.2) is 23.2 Å². The number of para-hydroxylation sites is 2. The number of ketones is 1. The zero-order valence-electron chi connectivity index (χ0n) is 12.3. The third-order valence-electron chi connectivity index (χ3n) is 2.97. The van der Waals surface area contributed by atoms with Crippen LogP contribution in [0.3, 0.4) is 0 Å². The van der Waals surface area contributed by atoms with Gasteiger partial charge in [-0.2, -0.15) is 0 Å². The number of nitrogens with zero attached hydrogens (tertiary/aromatic N) is 1. The van der Waals surface area contributed by atoms with Crippen molar-refractivity contribution in [2.24, 2.45) is 0 Å². The van der Waals surface area contributed by atoms with Gasteiger partial charge in [-0.3, -0.25) is 19.7 Å². The first kappa shape index (κ1) is 16.2. The van der Waals surface area contributed by atoms with Crippen molar-refractivity contribution >= 4 is 23.1 Å². The average Bonchev–Trinajstić information content (AvgIpc) is 2.53. The molecular weight excluding hydrogens is 300 g/mol. The van der Waals surface area contributed by atoms with E-state index in [1.54, 1.807) is 30.3 Å². The molecule has 2 aromatic carbocycles. The summed E-state index contributed by atoms with van der Waals surface area (Å²) in [6, 6.07) is 12.3. The Kier molecular flexibility index (Phi) is 5.03. The first-order chi connectivity index (χ1) is 11.0. The van der Waals surface area contributed by atoms with Crippen LogP contribution in [-0.2, 0) is 4.79 Å². The van der Waals surface area contributed by atoms with Crippen molar-refractivity contribution in [2.45, 2.75) is 6.92 Å². The molecule has 1 amide bonds. The Labute approximate surface area is 132 Å². The molecule has 118 valence electrons. The summed E-state index contributed by atoms with van der Waals surface area (Å²) in [4.78, 5) is 33.4. The molecular formula is C16H14N2O5. The van der Waals surface area contributed by atoms with Gasteiger partial charge in [0, 0.05) is 17.3 Å². The molecule has 0 saturated carbocycles. The second-order valence-electron chi connectivity index (χ2n) is 4.70. The van der Waals surface area contributed by atoms with Crippen molar-refractivity contribution in [3.63, 3.8) is 0 Å². The maximum Gasteiger partial charge on any atom is 0.310 e. The number of rotatable bonds is 6. The number of nitro groups is 1. The lowest BCUT2D eigenvalue weighted by Gasteiger charge is -2.08. The predicted molar refractivity (Wildman–Crippen MR) is 83.7 cm³/mol. The maximum atomic E-state index is 11.9. The molecule has 0 fully saturated rings. The van der Waals surface area contributed by atoms with Crippen molar-refractivity contribution in [1.29, 1.82) is 0 Å². The van der Waals surface area contributed by atoms with Crippen molar-refractivity contribution in [1.82, 2.24) is 0 Å². The van der Waals surface area contributed by atoms with Crippen LogP contribution in [0.25, 0.3) is 0 Å². The molecule has 2 aromatic rings. The number of benzene rings is 2. The molecule has 0 bridgehead atoms. The van der Waals surface area contributed by atoms with Gasteiger partial charge in [0.25, 0.3) is 5.91 Å². The van der Waals surface area contributed by atoms with E-state index in [9.17, 15) is 19.7 Å². The zero-order chi connectivity index (χ0) is 16.8. The number of carbonyl (C=O) groups is 2. The van der Waals surface area contributed by atoms with Crippen molar-refractivity contribution in [3.8, 4) is 5.75 Å². The van der Waals surface area contributed by atoms with Gasteiger partial charge in [0.2, 0.25) is 0 Å². The number of Topliss-reactive ketones (excluding diaryl/α,β-unsaturated/α-hetero) is 1. The number of nitrogens with one attached hydrogen (secondary N) is 1. The van der Waals surface area contributed by atoms with E-state index in [2.05, 4.69) is 5.32 Å². The highest BCUT2D eigenvalue weighted by Gasteiger charge is 2.15. The number of ether oxygens (including phenoxy) is 1. The minimum absolute atomic E-state index is 0.0186.